The van der Waals surface area contributed by atoms with E-state index in [9.17, 15) is 18.0 Å². The van der Waals surface area contributed by atoms with Crippen LogP contribution >= 0.6 is 0 Å². The third kappa shape index (κ3) is 5.71. The summed E-state index contributed by atoms with van der Waals surface area (Å²) >= 11 is 0. The first kappa shape index (κ1) is 24.5. The minimum Gasteiger partial charge on any atom is -0.334 e. The molecule has 0 saturated carbocycles. The summed E-state index contributed by atoms with van der Waals surface area (Å²) in [5.41, 5.74) is 2.73. The maximum Gasteiger partial charge on any atom is 0.261 e. The van der Waals surface area contributed by atoms with Crippen molar-refractivity contribution in [1.29, 1.82) is 0 Å². The van der Waals surface area contributed by atoms with E-state index >= 15 is 0 Å². The normalized spacial score (nSPS) is 13.6. The molecule has 0 saturated heterocycles. The van der Waals surface area contributed by atoms with Gasteiger partial charge in [-0.05, 0) is 60.0 Å². The Kier molecular flexibility index (Phi) is 6.67. The Morgan fingerprint density at radius 3 is 2.29 bits per heavy atom. The van der Waals surface area contributed by atoms with Gasteiger partial charge >= 0.3 is 0 Å². The van der Waals surface area contributed by atoms with Gasteiger partial charge in [0.1, 0.15) is 0 Å². The minimum absolute atomic E-state index is 0.0724. The Morgan fingerprint density at radius 1 is 0.857 bits per heavy atom. The first-order chi connectivity index (χ1) is 16.5. The van der Waals surface area contributed by atoms with Gasteiger partial charge in [0.05, 0.1) is 10.6 Å². The number of sulfonamides is 1. The minimum atomic E-state index is -3.88. The summed E-state index contributed by atoms with van der Waals surface area (Å²) in [5, 5.41) is 2.81. The van der Waals surface area contributed by atoms with E-state index in [1.807, 2.05) is 24.3 Å². The summed E-state index contributed by atoms with van der Waals surface area (Å²) in [5.74, 6) is -0.237. The number of hydrogen-bond donors (Lipinski definition) is 2. The van der Waals surface area contributed by atoms with E-state index in [1.165, 1.54) is 0 Å². The van der Waals surface area contributed by atoms with E-state index in [0.717, 1.165) is 11.1 Å². The van der Waals surface area contributed by atoms with Gasteiger partial charge in [0.25, 0.3) is 15.9 Å². The van der Waals surface area contributed by atoms with Gasteiger partial charge in [-0.15, -0.1) is 0 Å². The van der Waals surface area contributed by atoms with E-state index < -0.39 is 15.4 Å². The van der Waals surface area contributed by atoms with E-state index in [1.54, 1.807) is 74.2 Å². The smallest absolute Gasteiger partial charge is 0.261 e. The van der Waals surface area contributed by atoms with Gasteiger partial charge in [-0.3, -0.25) is 14.3 Å². The van der Waals surface area contributed by atoms with Crippen molar-refractivity contribution in [3.05, 3.63) is 89.5 Å². The summed E-state index contributed by atoms with van der Waals surface area (Å²) in [7, 11) is -3.88. The molecule has 0 aromatic heterocycles. The lowest BCUT2D eigenvalue weighted by Crippen LogP contribution is -2.36. The van der Waals surface area contributed by atoms with Crippen LogP contribution in [0, 0.1) is 5.41 Å². The molecule has 3 aromatic carbocycles. The molecule has 1 aliphatic rings. The quantitative estimate of drug-likeness (QED) is 0.542. The molecule has 2 amide bonds. The fourth-order valence-electron chi connectivity index (χ4n) is 3.83. The largest absolute Gasteiger partial charge is 0.334 e. The maximum absolute atomic E-state index is 13.1. The molecule has 0 atom stereocenters. The van der Waals surface area contributed by atoms with Crippen molar-refractivity contribution in [3.63, 3.8) is 0 Å². The van der Waals surface area contributed by atoms with E-state index in [-0.39, 0.29) is 16.7 Å². The van der Waals surface area contributed by atoms with Crippen molar-refractivity contribution >= 4 is 33.2 Å². The molecule has 1 heterocycles. The molecule has 2 N–H and O–H groups in total. The first-order valence-electron chi connectivity index (χ1n) is 11.4. The van der Waals surface area contributed by atoms with Crippen molar-refractivity contribution in [3.8, 4) is 0 Å². The number of nitrogens with zero attached hydrogens (tertiary/aromatic N) is 1. The van der Waals surface area contributed by atoms with Crippen LogP contribution in [0.2, 0.25) is 0 Å². The molecule has 0 aliphatic carbocycles. The summed E-state index contributed by atoms with van der Waals surface area (Å²) in [6.07, 6.45) is 0.664. The number of amides is 2. The molecule has 0 bridgehead atoms. The van der Waals surface area contributed by atoms with Gasteiger partial charge < -0.3 is 10.2 Å². The molecule has 8 heteroatoms. The zero-order valence-corrected chi connectivity index (χ0v) is 20.9. The molecular weight excluding hydrogens is 462 g/mol. The molecule has 7 nitrogen and oxygen atoms in total. The van der Waals surface area contributed by atoms with Gasteiger partial charge in [-0.25, -0.2) is 8.42 Å². The molecule has 182 valence electrons. The van der Waals surface area contributed by atoms with E-state index in [0.29, 0.717) is 36.4 Å². The number of carbonyl (C=O) groups excluding carboxylic acids is 2. The third-order valence-corrected chi connectivity index (χ3v) is 7.24. The highest BCUT2D eigenvalue weighted by Crippen LogP contribution is 2.26. The second-order valence-electron chi connectivity index (χ2n) is 9.66. The lowest BCUT2D eigenvalue weighted by molar-refractivity contribution is -0.123. The van der Waals surface area contributed by atoms with E-state index in [2.05, 4.69) is 10.0 Å². The number of fused-ring (bicyclic) bond motifs is 1. The highest BCUT2D eigenvalue weighted by molar-refractivity contribution is 7.92. The molecule has 0 unspecified atom stereocenters. The van der Waals surface area contributed by atoms with Gasteiger partial charge in [0.2, 0.25) is 5.91 Å². The number of benzene rings is 3. The number of anilines is 2. The predicted molar refractivity (Wildman–Crippen MR) is 137 cm³/mol. The Labute approximate surface area is 206 Å². The summed E-state index contributed by atoms with van der Waals surface area (Å²) in [4.78, 5) is 27.0. The third-order valence-electron chi connectivity index (χ3n) is 5.86. The maximum atomic E-state index is 13.1. The Balaban J connectivity index is 1.52. The van der Waals surface area contributed by atoms with Gasteiger partial charge in [0, 0.05) is 29.8 Å². The second kappa shape index (κ2) is 9.54. The fraction of sp³-hybridized carbons (Fsp3) is 0.259. The highest BCUT2D eigenvalue weighted by Gasteiger charge is 2.25. The van der Waals surface area contributed by atoms with Crippen LogP contribution in [-0.2, 0) is 27.8 Å². The monoisotopic (exact) mass is 491 g/mol. The van der Waals surface area contributed by atoms with Crippen LogP contribution in [0.15, 0.2) is 77.7 Å². The Morgan fingerprint density at radius 2 is 1.57 bits per heavy atom. The van der Waals surface area contributed by atoms with Crippen LogP contribution in [0.1, 0.15) is 42.3 Å². The number of hydrogen-bond acceptors (Lipinski definition) is 4. The standard InChI is InChI=1S/C27H29N3O4S/c1-27(2,3)26(32)28-22-10-7-11-23(17-22)29-35(33,34)24-13-12-19-14-15-30(18-21(19)16-24)25(31)20-8-5-4-6-9-20/h4-13,16-17,29H,14-15,18H2,1-3H3,(H,28,32). The molecule has 35 heavy (non-hydrogen) atoms. The molecular formula is C27H29N3O4S. The topological polar surface area (TPSA) is 95.6 Å². The predicted octanol–water partition coefficient (Wildman–Crippen LogP) is 4.67. The van der Waals surface area contributed by atoms with Crippen LogP contribution in [0.25, 0.3) is 0 Å². The zero-order valence-electron chi connectivity index (χ0n) is 20.0. The van der Waals surface area contributed by atoms with Crippen LogP contribution < -0.4 is 10.0 Å². The van der Waals surface area contributed by atoms with Gasteiger partial charge in [0.15, 0.2) is 0 Å². The van der Waals surface area contributed by atoms with Gasteiger partial charge in [-0.2, -0.15) is 0 Å². The molecule has 1 aliphatic heterocycles. The number of rotatable bonds is 5. The summed E-state index contributed by atoms with van der Waals surface area (Å²) in [6, 6.07) is 20.7. The van der Waals surface area contributed by atoms with Crippen LogP contribution in [0.5, 0.6) is 0 Å². The van der Waals surface area contributed by atoms with Crippen LogP contribution in [-0.4, -0.2) is 31.7 Å². The first-order valence-corrected chi connectivity index (χ1v) is 12.9. The Bertz CT molecular complexity index is 1360. The molecule has 0 spiro atoms. The van der Waals surface area contributed by atoms with Crippen molar-refractivity contribution < 1.29 is 18.0 Å². The van der Waals surface area contributed by atoms with Crippen molar-refractivity contribution in [2.75, 3.05) is 16.6 Å². The molecule has 4 rings (SSSR count). The van der Waals surface area contributed by atoms with Gasteiger partial charge in [-0.1, -0.05) is 51.1 Å². The van der Waals surface area contributed by atoms with Crippen LogP contribution in [0.3, 0.4) is 0 Å². The lowest BCUT2D eigenvalue weighted by Gasteiger charge is -2.29. The number of carbonyl (C=O) groups is 2. The molecule has 3 aromatic rings. The molecule has 0 radical (unpaired) electrons. The SMILES string of the molecule is CC(C)(C)C(=O)Nc1cccc(NS(=O)(=O)c2ccc3c(c2)CN(C(=O)c2ccccc2)CC3)c1. The van der Waals surface area contributed by atoms with Crippen LogP contribution in [0.4, 0.5) is 11.4 Å². The highest BCUT2D eigenvalue weighted by atomic mass is 32.2. The number of nitrogens with one attached hydrogen (secondary N) is 2. The van der Waals surface area contributed by atoms with Crippen molar-refractivity contribution in [2.24, 2.45) is 5.41 Å². The summed E-state index contributed by atoms with van der Waals surface area (Å²) < 4.78 is 28.9. The summed E-state index contributed by atoms with van der Waals surface area (Å²) in [6.45, 7) is 6.34. The zero-order chi connectivity index (χ0) is 25.2. The van der Waals surface area contributed by atoms with Crippen molar-refractivity contribution in [2.45, 2.75) is 38.6 Å². The van der Waals surface area contributed by atoms with E-state index in [4.69, 9.17) is 0 Å². The Hall–Kier alpha value is -3.65. The average molecular weight is 492 g/mol. The molecule has 0 fully saturated rings. The van der Waals surface area contributed by atoms with Crippen molar-refractivity contribution in [1.82, 2.24) is 4.90 Å². The average Bonchev–Trinajstić information content (AvgIpc) is 2.82. The fourth-order valence-corrected chi connectivity index (χ4v) is 4.93. The lowest BCUT2D eigenvalue weighted by atomic mass is 9.95. The second-order valence-corrected chi connectivity index (χ2v) is 11.3.